The van der Waals surface area contributed by atoms with Gasteiger partial charge in [-0.1, -0.05) is 51.1 Å². The summed E-state index contributed by atoms with van der Waals surface area (Å²) in [6.07, 6.45) is -0.589. The van der Waals surface area contributed by atoms with Crippen molar-refractivity contribution in [2.75, 3.05) is 6.54 Å². The Morgan fingerprint density at radius 1 is 1.33 bits per heavy atom. The molecule has 1 heterocycles. The number of carbonyl (C=O) groups is 1. The number of amides is 1. The summed E-state index contributed by atoms with van der Waals surface area (Å²) in [4.78, 5) is 16.4. The number of aliphatic hydroxyl groups is 1. The molecule has 2 rings (SSSR count). The number of nitrogens with zero attached hydrogens (tertiary/aromatic N) is 1. The molecule has 0 aliphatic heterocycles. The highest BCUT2D eigenvalue weighted by Crippen LogP contribution is 2.23. The number of benzene rings is 1. The SMILES string of the molecule is CC(C)(C)C(O)CNC(=O)c1csc(-c2ccccc2)n1. The number of nitrogens with one attached hydrogen (secondary N) is 1. The number of hydrogen-bond acceptors (Lipinski definition) is 4. The van der Waals surface area contributed by atoms with Crippen LogP contribution in [-0.4, -0.2) is 28.6 Å². The van der Waals surface area contributed by atoms with E-state index in [1.165, 1.54) is 11.3 Å². The van der Waals surface area contributed by atoms with Crippen molar-refractivity contribution < 1.29 is 9.90 Å². The zero-order chi connectivity index (χ0) is 15.5. The molecule has 2 aromatic rings. The van der Waals surface area contributed by atoms with E-state index in [9.17, 15) is 9.90 Å². The molecule has 1 unspecified atom stereocenters. The van der Waals surface area contributed by atoms with Crippen molar-refractivity contribution >= 4 is 17.2 Å². The van der Waals surface area contributed by atoms with Crippen LogP contribution in [0.2, 0.25) is 0 Å². The maximum Gasteiger partial charge on any atom is 0.270 e. The molecule has 112 valence electrons. The van der Waals surface area contributed by atoms with Gasteiger partial charge in [0.05, 0.1) is 6.10 Å². The molecule has 0 aliphatic rings. The number of rotatable bonds is 4. The minimum atomic E-state index is -0.589. The van der Waals surface area contributed by atoms with Crippen LogP contribution in [-0.2, 0) is 0 Å². The van der Waals surface area contributed by atoms with E-state index >= 15 is 0 Å². The second-order valence-electron chi connectivity index (χ2n) is 6.00. The summed E-state index contributed by atoms with van der Waals surface area (Å²) in [7, 11) is 0. The molecule has 0 spiro atoms. The molecule has 5 heteroatoms. The maximum atomic E-state index is 12.0. The fraction of sp³-hybridized carbons (Fsp3) is 0.375. The van der Waals surface area contributed by atoms with E-state index < -0.39 is 6.10 Å². The van der Waals surface area contributed by atoms with Crippen molar-refractivity contribution in [3.63, 3.8) is 0 Å². The van der Waals surface area contributed by atoms with Crippen LogP contribution in [0.25, 0.3) is 10.6 Å². The van der Waals surface area contributed by atoms with Gasteiger partial charge >= 0.3 is 0 Å². The lowest BCUT2D eigenvalue weighted by Gasteiger charge is -2.25. The van der Waals surface area contributed by atoms with Gasteiger partial charge in [-0.25, -0.2) is 4.98 Å². The number of aliphatic hydroxyl groups excluding tert-OH is 1. The highest BCUT2D eigenvalue weighted by Gasteiger charge is 2.23. The monoisotopic (exact) mass is 304 g/mol. The highest BCUT2D eigenvalue weighted by molar-refractivity contribution is 7.13. The van der Waals surface area contributed by atoms with Crippen molar-refractivity contribution in [3.8, 4) is 10.6 Å². The lowest BCUT2D eigenvalue weighted by atomic mass is 9.89. The molecule has 0 saturated carbocycles. The molecular weight excluding hydrogens is 284 g/mol. The summed E-state index contributed by atoms with van der Waals surface area (Å²) in [5.41, 5.74) is 1.13. The van der Waals surface area contributed by atoms with Crippen molar-refractivity contribution in [3.05, 3.63) is 41.4 Å². The summed E-state index contributed by atoms with van der Waals surface area (Å²) in [5, 5.41) is 15.2. The predicted octanol–water partition coefficient (Wildman–Crippen LogP) is 2.95. The molecule has 1 atom stereocenters. The molecule has 1 aromatic carbocycles. The summed E-state index contributed by atoms with van der Waals surface area (Å²) in [6.45, 7) is 6.01. The van der Waals surface area contributed by atoms with Gasteiger partial charge in [0.15, 0.2) is 0 Å². The second-order valence-corrected chi connectivity index (χ2v) is 6.85. The van der Waals surface area contributed by atoms with Gasteiger partial charge in [-0.2, -0.15) is 0 Å². The molecule has 0 fully saturated rings. The van der Waals surface area contributed by atoms with Crippen molar-refractivity contribution in [1.29, 1.82) is 0 Å². The first kappa shape index (κ1) is 15.7. The van der Waals surface area contributed by atoms with Crippen LogP contribution in [0, 0.1) is 5.41 Å². The average molecular weight is 304 g/mol. The highest BCUT2D eigenvalue weighted by atomic mass is 32.1. The van der Waals surface area contributed by atoms with E-state index in [-0.39, 0.29) is 17.9 Å². The van der Waals surface area contributed by atoms with Gasteiger partial charge < -0.3 is 10.4 Å². The van der Waals surface area contributed by atoms with Crippen LogP contribution in [0.15, 0.2) is 35.7 Å². The predicted molar refractivity (Wildman–Crippen MR) is 85.3 cm³/mol. The third-order valence-electron chi connectivity index (χ3n) is 3.21. The Morgan fingerprint density at radius 3 is 2.62 bits per heavy atom. The van der Waals surface area contributed by atoms with Gasteiger partial charge in [0.1, 0.15) is 10.7 Å². The number of hydrogen-bond donors (Lipinski definition) is 2. The normalized spacial score (nSPS) is 13.0. The van der Waals surface area contributed by atoms with Crippen LogP contribution in [0.1, 0.15) is 31.3 Å². The average Bonchev–Trinajstić information content (AvgIpc) is 2.94. The van der Waals surface area contributed by atoms with Gasteiger partial charge in [-0.3, -0.25) is 4.79 Å². The first-order valence-electron chi connectivity index (χ1n) is 6.85. The largest absolute Gasteiger partial charge is 0.391 e. The quantitative estimate of drug-likeness (QED) is 0.913. The molecule has 21 heavy (non-hydrogen) atoms. The van der Waals surface area contributed by atoms with Crippen LogP contribution in [0.3, 0.4) is 0 Å². The molecule has 0 aliphatic carbocycles. The Labute approximate surface area is 128 Å². The van der Waals surface area contributed by atoms with Crippen molar-refractivity contribution in [1.82, 2.24) is 10.3 Å². The topological polar surface area (TPSA) is 62.2 Å². The van der Waals surface area contributed by atoms with E-state index in [0.29, 0.717) is 5.69 Å². The Hall–Kier alpha value is -1.72. The minimum absolute atomic E-state index is 0.223. The Kier molecular flexibility index (Phi) is 4.75. The molecule has 0 saturated heterocycles. The molecule has 1 aromatic heterocycles. The van der Waals surface area contributed by atoms with E-state index in [1.807, 2.05) is 51.1 Å². The summed E-state index contributed by atoms with van der Waals surface area (Å²) >= 11 is 1.44. The lowest BCUT2D eigenvalue weighted by molar-refractivity contribution is 0.0585. The molecule has 2 N–H and O–H groups in total. The van der Waals surface area contributed by atoms with Crippen LogP contribution in [0.4, 0.5) is 0 Å². The Balaban J connectivity index is 2.00. The first-order chi connectivity index (χ1) is 9.88. The summed E-state index contributed by atoms with van der Waals surface area (Å²) in [5.74, 6) is -0.253. The second kappa shape index (κ2) is 6.37. The molecular formula is C16H20N2O2S. The van der Waals surface area contributed by atoms with Crippen LogP contribution in [0.5, 0.6) is 0 Å². The summed E-state index contributed by atoms with van der Waals surface area (Å²) in [6, 6.07) is 9.75. The first-order valence-corrected chi connectivity index (χ1v) is 7.73. The Bertz CT molecular complexity index is 602. The maximum absolute atomic E-state index is 12.0. The molecule has 0 bridgehead atoms. The molecule has 1 amide bonds. The van der Waals surface area contributed by atoms with Crippen molar-refractivity contribution in [2.45, 2.75) is 26.9 Å². The van der Waals surface area contributed by atoms with Gasteiger partial charge in [0.25, 0.3) is 5.91 Å². The van der Waals surface area contributed by atoms with Crippen LogP contribution < -0.4 is 5.32 Å². The van der Waals surface area contributed by atoms with E-state index in [1.54, 1.807) is 5.38 Å². The standard InChI is InChI=1S/C16H20N2O2S/c1-16(2,3)13(19)9-17-14(20)12-10-21-15(18-12)11-7-5-4-6-8-11/h4-8,10,13,19H,9H2,1-3H3,(H,17,20). The minimum Gasteiger partial charge on any atom is -0.391 e. The van der Waals surface area contributed by atoms with E-state index in [2.05, 4.69) is 10.3 Å². The van der Waals surface area contributed by atoms with E-state index in [0.717, 1.165) is 10.6 Å². The third kappa shape index (κ3) is 4.12. The fourth-order valence-electron chi connectivity index (χ4n) is 1.68. The fourth-order valence-corrected chi connectivity index (χ4v) is 2.48. The smallest absolute Gasteiger partial charge is 0.270 e. The van der Waals surface area contributed by atoms with Crippen LogP contribution >= 0.6 is 11.3 Å². The van der Waals surface area contributed by atoms with Crippen molar-refractivity contribution in [2.24, 2.45) is 5.41 Å². The third-order valence-corrected chi connectivity index (χ3v) is 4.10. The van der Waals surface area contributed by atoms with E-state index in [4.69, 9.17) is 0 Å². The van der Waals surface area contributed by atoms with Gasteiger partial charge in [0.2, 0.25) is 0 Å². The van der Waals surface area contributed by atoms with Gasteiger partial charge in [0, 0.05) is 17.5 Å². The van der Waals surface area contributed by atoms with Gasteiger partial charge in [-0.15, -0.1) is 11.3 Å². The number of thiazole rings is 1. The summed E-state index contributed by atoms with van der Waals surface area (Å²) < 4.78 is 0. The zero-order valence-corrected chi connectivity index (χ0v) is 13.3. The lowest BCUT2D eigenvalue weighted by Crippen LogP contribution is -2.39. The zero-order valence-electron chi connectivity index (χ0n) is 12.5. The number of carbonyl (C=O) groups excluding carboxylic acids is 1. The Morgan fingerprint density at radius 2 is 2.00 bits per heavy atom. The molecule has 0 radical (unpaired) electrons. The van der Waals surface area contributed by atoms with Gasteiger partial charge in [-0.05, 0) is 5.41 Å². The molecule has 4 nitrogen and oxygen atoms in total. The number of aromatic nitrogens is 1.